The summed E-state index contributed by atoms with van der Waals surface area (Å²) in [6.45, 7) is 2.68. The summed E-state index contributed by atoms with van der Waals surface area (Å²) in [6.07, 6.45) is 1.51. The van der Waals surface area contributed by atoms with E-state index in [2.05, 4.69) is 49.5 Å². The average molecular weight is 282 g/mol. The molecule has 3 rings (SSSR count). The van der Waals surface area contributed by atoms with Crippen molar-refractivity contribution in [3.63, 3.8) is 0 Å². The van der Waals surface area contributed by atoms with Gasteiger partial charge in [-0.2, -0.15) is 14.6 Å². The Labute approximate surface area is 123 Å². The highest BCUT2D eigenvalue weighted by Gasteiger charge is 2.05. The number of rotatable bonds is 4. The van der Waals surface area contributed by atoms with Gasteiger partial charge in [-0.15, -0.1) is 0 Å². The Kier molecular flexibility index (Phi) is 3.43. The van der Waals surface area contributed by atoms with E-state index < -0.39 is 0 Å². The standard InChI is InChI=1S/C15H18N6/c1-11-8-14(21-15(19-11)17-10-18-21)16-9-12-4-6-13(7-5-12)20(2)3/h4-8,10,16H,9H2,1-3H3. The minimum atomic E-state index is 0.612. The molecule has 21 heavy (non-hydrogen) atoms. The van der Waals surface area contributed by atoms with E-state index in [4.69, 9.17) is 0 Å². The van der Waals surface area contributed by atoms with Gasteiger partial charge in [0.25, 0.3) is 5.78 Å². The summed E-state index contributed by atoms with van der Waals surface area (Å²) < 4.78 is 1.71. The van der Waals surface area contributed by atoms with Gasteiger partial charge in [-0.25, -0.2) is 4.98 Å². The van der Waals surface area contributed by atoms with Gasteiger partial charge >= 0.3 is 0 Å². The molecule has 0 saturated carbocycles. The number of benzene rings is 1. The molecule has 0 atom stereocenters. The molecule has 6 heteroatoms. The van der Waals surface area contributed by atoms with Crippen LogP contribution >= 0.6 is 0 Å². The molecule has 0 aliphatic heterocycles. The van der Waals surface area contributed by atoms with Crippen molar-refractivity contribution in [2.45, 2.75) is 13.5 Å². The molecular formula is C15H18N6. The first kappa shape index (κ1) is 13.4. The quantitative estimate of drug-likeness (QED) is 0.794. The van der Waals surface area contributed by atoms with Crippen molar-refractivity contribution in [1.29, 1.82) is 0 Å². The van der Waals surface area contributed by atoms with Crippen LogP contribution in [0.4, 0.5) is 11.5 Å². The number of anilines is 2. The topological polar surface area (TPSA) is 58.4 Å². The third-order valence-electron chi connectivity index (χ3n) is 3.31. The molecule has 1 N–H and O–H groups in total. The zero-order chi connectivity index (χ0) is 14.8. The monoisotopic (exact) mass is 282 g/mol. The molecule has 2 aromatic heterocycles. The molecule has 0 bridgehead atoms. The van der Waals surface area contributed by atoms with E-state index in [-0.39, 0.29) is 0 Å². The molecule has 2 heterocycles. The Hall–Kier alpha value is -2.63. The van der Waals surface area contributed by atoms with Crippen LogP contribution in [0, 0.1) is 6.92 Å². The summed E-state index contributed by atoms with van der Waals surface area (Å²) in [6, 6.07) is 10.4. The van der Waals surface area contributed by atoms with Gasteiger partial charge in [0.2, 0.25) is 0 Å². The molecule has 0 saturated heterocycles. The van der Waals surface area contributed by atoms with Crippen molar-refractivity contribution in [3.05, 3.63) is 47.9 Å². The lowest BCUT2D eigenvalue weighted by atomic mass is 10.2. The van der Waals surface area contributed by atoms with Crippen LogP contribution in [0.5, 0.6) is 0 Å². The molecule has 0 radical (unpaired) electrons. The maximum atomic E-state index is 4.33. The van der Waals surface area contributed by atoms with Gasteiger partial charge < -0.3 is 10.2 Å². The van der Waals surface area contributed by atoms with Crippen LogP contribution in [0.15, 0.2) is 36.7 Å². The van der Waals surface area contributed by atoms with Crippen LogP contribution in [0.25, 0.3) is 5.78 Å². The van der Waals surface area contributed by atoms with Crippen LogP contribution in [0.1, 0.15) is 11.3 Å². The van der Waals surface area contributed by atoms with Crippen molar-refractivity contribution < 1.29 is 0 Å². The lowest BCUT2D eigenvalue weighted by Crippen LogP contribution is -2.09. The van der Waals surface area contributed by atoms with Gasteiger partial charge in [-0.05, 0) is 24.6 Å². The molecule has 0 spiro atoms. The molecule has 0 unspecified atom stereocenters. The second-order valence-corrected chi connectivity index (χ2v) is 5.17. The smallest absolute Gasteiger partial charge is 0.254 e. The Bertz CT molecular complexity index is 744. The zero-order valence-corrected chi connectivity index (χ0v) is 12.4. The zero-order valence-electron chi connectivity index (χ0n) is 12.4. The number of aryl methyl sites for hydroxylation is 1. The molecule has 0 amide bonds. The van der Waals surface area contributed by atoms with Gasteiger partial charge in [0, 0.05) is 38.1 Å². The summed E-state index contributed by atoms with van der Waals surface area (Å²) in [5.41, 5.74) is 3.32. The fourth-order valence-corrected chi connectivity index (χ4v) is 2.16. The lowest BCUT2D eigenvalue weighted by Gasteiger charge is -2.13. The molecular weight excluding hydrogens is 264 g/mol. The first-order valence-corrected chi connectivity index (χ1v) is 6.81. The highest BCUT2D eigenvalue weighted by Crippen LogP contribution is 2.15. The number of hydrogen-bond donors (Lipinski definition) is 1. The van der Waals surface area contributed by atoms with Gasteiger partial charge in [0.05, 0.1) is 0 Å². The Morgan fingerprint density at radius 3 is 2.67 bits per heavy atom. The number of nitrogens with one attached hydrogen (secondary N) is 1. The molecule has 1 aromatic carbocycles. The van der Waals surface area contributed by atoms with Crippen LogP contribution < -0.4 is 10.2 Å². The Morgan fingerprint density at radius 1 is 1.19 bits per heavy atom. The summed E-state index contributed by atoms with van der Waals surface area (Å²) in [7, 11) is 4.07. The fraction of sp³-hybridized carbons (Fsp3) is 0.267. The van der Waals surface area contributed by atoms with Crippen LogP contribution in [0.3, 0.4) is 0 Å². The predicted octanol–water partition coefficient (Wildman–Crippen LogP) is 2.11. The summed E-state index contributed by atoms with van der Waals surface area (Å²) in [5.74, 6) is 1.51. The summed E-state index contributed by atoms with van der Waals surface area (Å²) in [4.78, 5) is 10.5. The second kappa shape index (κ2) is 5.40. The maximum absolute atomic E-state index is 4.33. The van der Waals surface area contributed by atoms with E-state index >= 15 is 0 Å². The third kappa shape index (κ3) is 2.79. The Morgan fingerprint density at radius 2 is 1.95 bits per heavy atom. The molecule has 3 aromatic rings. The SMILES string of the molecule is Cc1cc(NCc2ccc(N(C)C)cc2)n2ncnc2n1. The van der Waals surface area contributed by atoms with E-state index in [1.165, 1.54) is 17.6 Å². The van der Waals surface area contributed by atoms with Crippen LogP contribution in [-0.4, -0.2) is 33.7 Å². The van der Waals surface area contributed by atoms with Gasteiger partial charge in [-0.1, -0.05) is 12.1 Å². The van der Waals surface area contributed by atoms with E-state index in [0.29, 0.717) is 5.78 Å². The molecule has 108 valence electrons. The lowest BCUT2D eigenvalue weighted by molar-refractivity contribution is 0.916. The normalized spacial score (nSPS) is 10.8. The molecule has 0 aliphatic carbocycles. The largest absolute Gasteiger partial charge is 0.378 e. The first-order chi connectivity index (χ1) is 10.1. The van der Waals surface area contributed by atoms with Crippen molar-refractivity contribution in [3.8, 4) is 0 Å². The number of aromatic nitrogens is 4. The van der Waals surface area contributed by atoms with E-state index in [1.807, 2.05) is 27.1 Å². The minimum absolute atomic E-state index is 0.612. The second-order valence-electron chi connectivity index (χ2n) is 5.17. The minimum Gasteiger partial charge on any atom is -0.378 e. The van der Waals surface area contributed by atoms with E-state index in [0.717, 1.165) is 18.1 Å². The molecule has 0 fully saturated rings. The highest BCUT2D eigenvalue weighted by molar-refractivity contribution is 5.48. The summed E-state index contributed by atoms with van der Waals surface area (Å²) in [5, 5.41) is 7.57. The van der Waals surface area contributed by atoms with Crippen LogP contribution in [-0.2, 0) is 6.54 Å². The number of nitrogens with zero attached hydrogens (tertiary/aromatic N) is 5. The number of fused-ring (bicyclic) bond motifs is 1. The van der Waals surface area contributed by atoms with E-state index in [9.17, 15) is 0 Å². The van der Waals surface area contributed by atoms with Crippen molar-refractivity contribution in [2.24, 2.45) is 0 Å². The van der Waals surface area contributed by atoms with Crippen molar-refractivity contribution >= 4 is 17.3 Å². The van der Waals surface area contributed by atoms with Crippen molar-refractivity contribution in [2.75, 3.05) is 24.3 Å². The fourth-order valence-electron chi connectivity index (χ4n) is 2.16. The Balaban J connectivity index is 1.78. The van der Waals surface area contributed by atoms with Crippen LogP contribution in [0.2, 0.25) is 0 Å². The third-order valence-corrected chi connectivity index (χ3v) is 3.31. The van der Waals surface area contributed by atoms with Crippen molar-refractivity contribution in [1.82, 2.24) is 19.6 Å². The molecule has 6 nitrogen and oxygen atoms in total. The summed E-state index contributed by atoms with van der Waals surface area (Å²) >= 11 is 0. The van der Waals surface area contributed by atoms with Gasteiger partial charge in [-0.3, -0.25) is 0 Å². The molecule has 0 aliphatic rings. The first-order valence-electron chi connectivity index (χ1n) is 6.81. The average Bonchev–Trinajstić information content (AvgIpc) is 2.93. The van der Waals surface area contributed by atoms with E-state index in [1.54, 1.807) is 4.52 Å². The maximum Gasteiger partial charge on any atom is 0.254 e. The number of hydrogen-bond acceptors (Lipinski definition) is 5. The predicted molar refractivity (Wildman–Crippen MR) is 83.6 cm³/mol. The van der Waals surface area contributed by atoms with Gasteiger partial charge in [0.15, 0.2) is 0 Å². The van der Waals surface area contributed by atoms with Gasteiger partial charge in [0.1, 0.15) is 12.1 Å². The highest BCUT2D eigenvalue weighted by atomic mass is 15.3.